The summed E-state index contributed by atoms with van der Waals surface area (Å²) in [4.78, 5) is 12.1. The first-order valence-electron chi connectivity index (χ1n) is 6.13. The van der Waals surface area contributed by atoms with Crippen molar-refractivity contribution in [1.29, 1.82) is 0 Å². The molecule has 3 nitrogen and oxygen atoms in total. The summed E-state index contributed by atoms with van der Waals surface area (Å²) in [5.74, 6) is 0.236. The van der Waals surface area contributed by atoms with Gasteiger partial charge in [0, 0.05) is 11.5 Å². The lowest BCUT2D eigenvalue weighted by Crippen LogP contribution is -2.43. The highest BCUT2D eigenvalue weighted by Crippen LogP contribution is 2.37. The predicted octanol–water partition coefficient (Wildman–Crippen LogP) is 1.81. The van der Waals surface area contributed by atoms with E-state index in [2.05, 4.69) is 19.2 Å². The molecular formula is C12H24N2O. The maximum atomic E-state index is 12.1. The van der Waals surface area contributed by atoms with Gasteiger partial charge in [-0.3, -0.25) is 4.79 Å². The van der Waals surface area contributed by atoms with E-state index in [9.17, 15) is 4.79 Å². The van der Waals surface area contributed by atoms with Gasteiger partial charge in [0.15, 0.2) is 0 Å². The maximum absolute atomic E-state index is 12.1. The normalized spacial score (nSPS) is 21.3. The van der Waals surface area contributed by atoms with E-state index >= 15 is 0 Å². The Morgan fingerprint density at radius 2 is 2.07 bits per heavy atom. The first-order chi connectivity index (χ1) is 7.12. The minimum absolute atomic E-state index is 0.109. The number of hydrogen-bond donors (Lipinski definition) is 2. The highest BCUT2D eigenvalue weighted by atomic mass is 16.2. The molecule has 3 heteroatoms. The smallest absolute Gasteiger partial charge is 0.226 e. The standard InChI is InChI=1S/C12H24N2O/c1-3-10(6-9-13)14-11(15)12(2)7-4-5-8-12/h10H,3-9,13H2,1-2H3,(H,14,15). The Balaban J connectivity index is 2.45. The molecule has 0 radical (unpaired) electrons. The molecule has 0 aromatic rings. The number of amides is 1. The third kappa shape index (κ3) is 3.20. The van der Waals surface area contributed by atoms with Gasteiger partial charge in [-0.2, -0.15) is 0 Å². The molecule has 0 heterocycles. The van der Waals surface area contributed by atoms with Crippen LogP contribution in [0.5, 0.6) is 0 Å². The van der Waals surface area contributed by atoms with Gasteiger partial charge in [-0.05, 0) is 32.2 Å². The number of nitrogens with two attached hydrogens (primary N) is 1. The van der Waals surface area contributed by atoms with Crippen molar-refractivity contribution in [3.8, 4) is 0 Å². The number of rotatable bonds is 5. The van der Waals surface area contributed by atoms with E-state index in [4.69, 9.17) is 5.73 Å². The highest BCUT2D eigenvalue weighted by Gasteiger charge is 2.36. The summed E-state index contributed by atoms with van der Waals surface area (Å²) in [6.07, 6.45) is 6.32. The molecule has 1 rings (SSSR count). The lowest BCUT2D eigenvalue weighted by Gasteiger charge is -2.26. The van der Waals surface area contributed by atoms with Crippen LogP contribution in [0.1, 0.15) is 52.4 Å². The fourth-order valence-corrected chi connectivity index (χ4v) is 2.32. The summed E-state index contributed by atoms with van der Waals surface area (Å²) in [6, 6.07) is 0.264. The van der Waals surface area contributed by atoms with Crippen molar-refractivity contribution >= 4 is 5.91 Å². The molecule has 0 bridgehead atoms. The summed E-state index contributed by atoms with van der Waals surface area (Å²) >= 11 is 0. The molecule has 1 aliphatic rings. The second-order valence-electron chi connectivity index (χ2n) is 4.92. The zero-order valence-corrected chi connectivity index (χ0v) is 10.0. The van der Waals surface area contributed by atoms with Gasteiger partial charge >= 0.3 is 0 Å². The van der Waals surface area contributed by atoms with E-state index in [1.165, 1.54) is 12.8 Å². The topological polar surface area (TPSA) is 55.1 Å². The Kier molecular flexibility index (Phi) is 4.58. The molecule has 1 aliphatic carbocycles. The highest BCUT2D eigenvalue weighted by molar-refractivity contribution is 5.82. The second kappa shape index (κ2) is 5.50. The van der Waals surface area contributed by atoms with Gasteiger partial charge in [0.2, 0.25) is 5.91 Å². The van der Waals surface area contributed by atoms with Crippen molar-refractivity contribution in [3.63, 3.8) is 0 Å². The van der Waals surface area contributed by atoms with Gasteiger partial charge in [0.1, 0.15) is 0 Å². The Labute approximate surface area is 92.8 Å². The van der Waals surface area contributed by atoms with Crippen LogP contribution in [0.25, 0.3) is 0 Å². The summed E-state index contributed by atoms with van der Waals surface area (Å²) < 4.78 is 0. The number of hydrogen-bond acceptors (Lipinski definition) is 2. The Bertz CT molecular complexity index is 210. The molecule has 1 unspecified atom stereocenters. The zero-order valence-electron chi connectivity index (χ0n) is 10.0. The number of nitrogens with one attached hydrogen (secondary N) is 1. The van der Waals surface area contributed by atoms with Gasteiger partial charge in [-0.1, -0.05) is 26.7 Å². The summed E-state index contributed by atoms with van der Waals surface area (Å²) in [6.45, 7) is 4.83. The molecule has 1 atom stereocenters. The van der Waals surface area contributed by atoms with Crippen molar-refractivity contribution in [2.24, 2.45) is 11.1 Å². The van der Waals surface area contributed by atoms with Crippen LogP contribution in [0.3, 0.4) is 0 Å². The van der Waals surface area contributed by atoms with Gasteiger partial charge in [0.05, 0.1) is 0 Å². The van der Waals surface area contributed by atoms with Crippen molar-refractivity contribution in [2.75, 3.05) is 6.54 Å². The summed E-state index contributed by atoms with van der Waals surface area (Å²) in [5.41, 5.74) is 5.41. The molecule has 88 valence electrons. The Hall–Kier alpha value is -0.570. The molecule has 3 N–H and O–H groups in total. The molecule has 0 aliphatic heterocycles. The predicted molar refractivity (Wildman–Crippen MR) is 62.5 cm³/mol. The van der Waals surface area contributed by atoms with Crippen LogP contribution < -0.4 is 11.1 Å². The average Bonchev–Trinajstić information content (AvgIpc) is 2.65. The van der Waals surface area contributed by atoms with E-state index in [0.29, 0.717) is 6.54 Å². The average molecular weight is 212 g/mol. The minimum atomic E-state index is -0.109. The van der Waals surface area contributed by atoms with Crippen molar-refractivity contribution < 1.29 is 4.79 Å². The van der Waals surface area contributed by atoms with Crippen LogP contribution in [0.2, 0.25) is 0 Å². The Morgan fingerprint density at radius 3 is 2.53 bits per heavy atom. The van der Waals surface area contributed by atoms with Crippen LogP contribution in [0.15, 0.2) is 0 Å². The van der Waals surface area contributed by atoms with Crippen LogP contribution in [-0.4, -0.2) is 18.5 Å². The van der Waals surface area contributed by atoms with E-state index < -0.39 is 0 Å². The van der Waals surface area contributed by atoms with E-state index in [1.54, 1.807) is 0 Å². The number of carbonyl (C=O) groups is 1. The van der Waals surface area contributed by atoms with Crippen LogP contribution in [0.4, 0.5) is 0 Å². The van der Waals surface area contributed by atoms with Gasteiger partial charge in [-0.15, -0.1) is 0 Å². The van der Waals surface area contributed by atoms with Gasteiger partial charge < -0.3 is 11.1 Å². The molecule has 0 spiro atoms. The quantitative estimate of drug-likeness (QED) is 0.730. The molecule has 1 fully saturated rings. The number of carbonyl (C=O) groups excluding carboxylic acids is 1. The van der Waals surface area contributed by atoms with Gasteiger partial charge in [-0.25, -0.2) is 0 Å². The SMILES string of the molecule is CCC(CCN)NC(=O)C1(C)CCCC1. The molecule has 1 amide bonds. The third-order valence-electron chi connectivity index (χ3n) is 3.60. The molecule has 0 aromatic carbocycles. The van der Waals surface area contributed by atoms with Crippen molar-refractivity contribution in [1.82, 2.24) is 5.32 Å². The largest absolute Gasteiger partial charge is 0.353 e. The fourth-order valence-electron chi connectivity index (χ4n) is 2.32. The lowest BCUT2D eigenvalue weighted by molar-refractivity contribution is -0.130. The zero-order chi connectivity index (χ0) is 11.3. The first kappa shape index (κ1) is 12.5. The van der Waals surface area contributed by atoms with Crippen LogP contribution in [0, 0.1) is 5.41 Å². The van der Waals surface area contributed by atoms with Crippen LogP contribution >= 0.6 is 0 Å². The third-order valence-corrected chi connectivity index (χ3v) is 3.60. The van der Waals surface area contributed by atoms with Crippen molar-refractivity contribution in [3.05, 3.63) is 0 Å². The van der Waals surface area contributed by atoms with Crippen LogP contribution in [-0.2, 0) is 4.79 Å². The second-order valence-corrected chi connectivity index (χ2v) is 4.92. The van der Waals surface area contributed by atoms with Gasteiger partial charge in [0.25, 0.3) is 0 Å². The molecule has 0 saturated heterocycles. The molecule has 1 saturated carbocycles. The van der Waals surface area contributed by atoms with E-state index in [1.807, 2.05) is 0 Å². The summed E-state index contributed by atoms with van der Waals surface area (Å²) in [7, 11) is 0. The lowest BCUT2D eigenvalue weighted by atomic mass is 9.87. The molecule has 0 aromatic heterocycles. The fraction of sp³-hybridized carbons (Fsp3) is 0.917. The summed E-state index contributed by atoms with van der Waals surface area (Å²) in [5, 5.41) is 3.13. The minimum Gasteiger partial charge on any atom is -0.353 e. The monoisotopic (exact) mass is 212 g/mol. The Morgan fingerprint density at radius 1 is 1.47 bits per heavy atom. The first-order valence-corrected chi connectivity index (χ1v) is 6.13. The maximum Gasteiger partial charge on any atom is 0.226 e. The molecular weight excluding hydrogens is 188 g/mol. The van der Waals surface area contributed by atoms with Crippen molar-refractivity contribution in [2.45, 2.75) is 58.4 Å². The van der Waals surface area contributed by atoms with E-state index in [0.717, 1.165) is 25.7 Å². The molecule has 15 heavy (non-hydrogen) atoms. The van der Waals surface area contributed by atoms with E-state index in [-0.39, 0.29) is 17.4 Å².